The zero-order valence-corrected chi connectivity index (χ0v) is 19.0. The van der Waals surface area contributed by atoms with E-state index in [0.717, 1.165) is 11.1 Å². The Bertz CT molecular complexity index is 1260. The van der Waals surface area contributed by atoms with Crippen molar-refractivity contribution in [3.05, 3.63) is 95.6 Å². The maximum absolute atomic E-state index is 12.8. The number of amides is 2. The fraction of sp³-hybridized carbons (Fsp3) is 0.148. The summed E-state index contributed by atoms with van der Waals surface area (Å²) in [6.45, 7) is 1.54. The first kappa shape index (κ1) is 23.6. The van der Waals surface area contributed by atoms with Crippen LogP contribution in [-0.4, -0.2) is 31.2 Å². The van der Waals surface area contributed by atoms with Gasteiger partial charge in [-0.1, -0.05) is 48.5 Å². The van der Waals surface area contributed by atoms with Gasteiger partial charge in [-0.15, -0.1) is 0 Å². The summed E-state index contributed by atoms with van der Waals surface area (Å²) in [5.74, 6) is -0.335. The van der Waals surface area contributed by atoms with Gasteiger partial charge >= 0.3 is 5.97 Å². The van der Waals surface area contributed by atoms with Gasteiger partial charge in [-0.25, -0.2) is 4.79 Å². The van der Waals surface area contributed by atoms with Crippen LogP contribution in [0.25, 0.3) is 6.08 Å². The number of hydrogen-bond donors (Lipinski definition) is 2. The Kier molecular flexibility index (Phi) is 7.42. The van der Waals surface area contributed by atoms with E-state index in [0.29, 0.717) is 22.7 Å². The lowest BCUT2D eigenvalue weighted by molar-refractivity contribution is -0.142. The van der Waals surface area contributed by atoms with E-state index in [4.69, 9.17) is 14.2 Å². The molecule has 0 radical (unpaired) electrons. The number of nitrogens with one attached hydrogen (secondary N) is 2. The number of carbonyl (C=O) groups is 3. The summed E-state index contributed by atoms with van der Waals surface area (Å²) in [7, 11) is 0. The lowest BCUT2D eigenvalue weighted by Gasteiger charge is -2.16. The Morgan fingerprint density at radius 2 is 1.71 bits per heavy atom. The number of benzene rings is 3. The predicted octanol–water partition coefficient (Wildman–Crippen LogP) is 4.10. The second-order valence-electron chi connectivity index (χ2n) is 7.75. The number of rotatable bonds is 8. The van der Waals surface area contributed by atoms with E-state index >= 15 is 0 Å². The number of anilines is 1. The first-order chi connectivity index (χ1) is 17.0. The van der Waals surface area contributed by atoms with E-state index < -0.39 is 18.5 Å². The highest BCUT2D eigenvalue weighted by Crippen LogP contribution is 2.32. The Hall–Kier alpha value is -4.59. The molecule has 1 atom stereocenters. The number of para-hydroxylation sites is 1. The van der Waals surface area contributed by atoms with Gasteiger partial charge < -0.3 is 24.8 Å². The Morgan fingerprint density at radius 3 is 2.54 bits per heavy atom. The smallest absolute Gasteiger partial charge is 0.331 e. The molecule has 8 heteroatoms. The lowest BCUT2D eigenvalue weighted by Crippen LogP contribution is -2.28. The van der Waals surface area contributed by atoms with Gasteiger partial charge in [-0.2, -0.15) is 0 Å². The van der Waals surface area contributed by atoms with Crippen molar-refractivity contribution in [2.45, 2.75) is 13.0 Å². The molecule has 0 spiro atoms. The molecule has 0 saturated heterocycles. The third-order valence-electron chi connectivity index (χ3n) is 5.25. The van der Waals surface area contributed by atoms with E-state index in [2.05, 4.69) is 10.6 Å². The quantitative estimate of drug-likeness (QED) is 0.378. The van der Waals surface area contributed by atoms with Crippen molar-refractivity contribution in [2.75, 3.05) is 18.7 Å². The minimum Gasteiger partial charge on any atom is -0.454 e. The van der Waals surface area contributed by atoms with E-state index in [1.807, 2.05) is 37.3 Å². The van der Waals surface area contributed by atoms with Crippen LogP contribution in [0.5, 0.6) is 11.5 Å². The summed E-state index contributed by atoms with van der Waals surface area (Å²) in [4.78, 5) is 37.2. The average Bonchev–Trinajstić information content (AvgIpc) is 3.35. The number of fused-ring (bicyclic) bond motifs is 1. The summed E-state index contributed by atoms with van der Waals surface area (Å²) in [5.41, 5.74) is 2.31. The highest BCUT2D eigenvalue weighted by molar-refractivity contribution is 6.04. The van der Waals surface area contributed by atoms with Crippen molar-refractivity contribution in [1.29, 1.82) is 0 Å². The summed E-state index contributed by atoms with van der Waals surface area (Å²) < 4.78 is 15.6. The molecule has 4 rings (SSSR count). The van der Waals surface area contributed by atoms with Gasteiger partial charge in [-0.05, 0) is 48.4 Å². The molecule has 2 amide bonds. The number of esters is 1. The highest BCUT2D eigenvalue weighted by Gasteiger charge is 2.17. The van der Waals surface area contributed by atoms with Crippen LogP contribution in [0.3, 0.4) is 0 Å². The van der Waals surface area contributed by atoms with Crippen LogP contribution in [0.4, 0.5) is 5.69 Å². The molecular formula is C27H24N2O6. The molecule has 1 unspecified atom stereocenters. The number of carbonyl (C=O) groups excluding carboxylic acids is 3. The lowest BCUT2D eigenvalue weighted by atomic mass is 10.1. The van der Waals surface area contributed by atoms with Gasteiger partial charge in [0.1, 0.15) is 0 Å². The molecule has 35 heavy (non-hydrogen) atoms. The van der Waals surface area contributed by atoms with Crippen molar-refractivity contribution in [2.24, 2.45) is 0 Å². The molecular weight excluding hydrogens is 448 g/mol. The Morgan fingerprint density at radius 1 is 0.971 bits per heavy atom. The van der Waals surface area contributed by atoms with Crippen molar-refractivity contribution < 1.29 is 28.6 Å². The molecule has 3 aromatic rings. The topological polar surface area (TPSA) is 103 Å². The summed E-state index contributed by atoms with van der Waals surface area (Å²) >= 11 is 0. The van der Waals surface area contributed by atoms with Crippen LogP contribution < -0.4 is 20.1 Å². The van der Waals surface area contributed by atoms with Gasteiger partial charge in [0.2, 0.25) is 6.79 Å². The fourth-order valence-corrected chi connectivity index (χ4v) is 3.44. The first-order valence-electron chi connectivity index (χ1n) is 11.0. The van der Waals surface area contributed by atoms with E-state index in [1.165, 1.54) is 6.08 Å². The maximum atomic E-state index is 12.8. The summed E-state index contributed by atoms with van der Waals surface area (Å²) in [6.07, 6.45) is 2.77. The molecule has 8 nitrogen and oxygen atoms in total. The Labute approximate surface area is 202 Å². The normalized spacial score (nSPS) is 12.7. The number of ether oxygens (including phenoxy) is 3. The van der Waals surface area contributed by atoms with E-state index in [1.54, 1.807) is 48.5 Å². The van der Waals surface area contributed by atoms with Gasteiger partial charge in [0.05, 0.1) is 17.3 Å². The molecule has 0 aromatic heterocycles. The van der Waals surface area contributed by atoms with Crippen molar-refractivity contribution in [3.63, 3.8) is 0 Å². The zero-order valence-electron chi connectivity index (χ0n) is 19.0. The minimum absolute atomic E-state index is 0.163. The molecule has 0 fully saturated rings. The monoisotopic (exact) mass is 472 g/mol. The highest BCUT2D eigenvalue weighted by atomic mass is 16.7. The standard InChI is InChI=1S/C27H24N2O6/c1-18(20-7-3-2-4-8-20)28-27(32)21-9-5-6-10-22(21)29-25(30)16-33-26(31)14-12-19-11-13-23-24(15-19)35-17-34-23/h2-15,18H,16-17H2,1H3,(H,28,32)(H,29,30)/b14-12+. The van der Waals surface area contributed by atoms with Gasteiger partial charge in [0.15, 0.2) is 18.1 Å². The van der Waals surface area contributed by atoms with Gasteiger partial charge in [0, 0.05) is 6.08 Å². The molecule has 1 aliphatic rings. The molecule has 1 aliphatic heterocycles. The summed E-state index contributed by atoms with van der Waals surface area (Å²) in [5, 5.41) is 5.55. The summed E-state index contributed by atoms with van der Waals surface area (Å²) in [6, 6.07) is 21.2. The maximum Gasteiger partial charge on any atom is 0.331 e. The molecule has 0 bridgehead atoms. The molecule has 2 N–H and O–H groups in total. The van der Waals surface area contributed by atoms with Crippen molar-refractivity contribution >= 4 is 29.5 Å². The Balaban J connectivity index is 1.30. The second-order valence-corrected chi connectivity index (χ2v) is 7.75. The van der Waals surface area contributed by atoms with Crippen LogP contribution in [0.2, 0.25) is 0 Å². The van der Waals surface area contributed by atoms with Crippen LogP contribution in [-0.2, 0) is 14.3 Å². The van der Waals surface area contributed by atoms with Crippen LogP contribution in [0, 0.1) is 0 Å². The third-order valence-corrected chi connectivity index (χ3v) is 5.25. The van der Waals surface area contributed by atoms with Gasteiger partial charge in [0.25, 0.3) is 11.8 Å². The number of hydrogen-bond acceptors (Lipinski definition) is 6. The van der Waals surface area contributed by atoms with Crippen molar-refractivity contribution in [3.8, 4) is 11.5 Å². The van der Waals surface area contributed by atoms with Crippen LogP contribution >= 0.6 is 0 Å². The average molecular weight is 472 g/mol. The third kappa shape index (κ3) is 6.26. The molecule has 0 aliphatic carbocycles. The van der Waals surface area contributed by atoms with Gasteiger partial charge in [-0.3, -0.25) is 9.59 Å². The molecule has 1 heterocycles. The van der Waals surface area contributed by atoms with Crippen molar-refractivity contribution in [1.82, 2.24) is 5.32 Å². The SMILES string of the molecule is CC(NC(=O)c1ccccc1NC(=O)COC(=O)/C=C/c1ccc2c(c1)OCO2)c1ccccc1. The van der Waals surface area contributed by atoms with E-state index in [-0.39, 0.29) is 18.7 Å². The largest absolute Gasteiger partial charge is 0.454 e. The zero-order chi connectivity index (χ0) is 24.6. The minimum atomic E-state index is -0.680. The molecule has 3 aromatic carbocycles. The molecule has 0 saturated carbocycles. The van der Waals surface area contributed by atoms with Crippen LogP contribution in [0.1, 0.15) is 34.5 Å². The molecule has 178 valence electrons. The van der Waals surface area contributed by atoms with E-state index in [9.17, 15) is 14.4 Å². The second kappa shape index (κ2) is 11.0. The van der Waals surface area contributed by atoms with Crippen LogP contribution in [0.15, 0.2) is 78.9 Å². The predicted molar refractivity (Wildman–Crippen MR) is 130 cm³/mol. The fourth-order valence-electron chi connectivity index (χ4n) is 3.44. The first-order valence-corrected chi connectivity index (χ1v) is 11.0.